The smallest absolute Gasteiger partial charge is 0.304 e. The van der Waals surface area contributed by atoms with Crippen LogP contribution in [0.25, 0.3) is 0 Å². The molecule has 0 N–H and O–H groups in total. The highest BCUT2D eigenvalue weighted by atomic mass is 32.7. The molecular weight excluding hydrogens is 183 g/mol. The second-order valence-corrected chi connectivity index (χ2v) is 6.41. The van der Waals surface area contributed by atoms with Crippen molar-refractivity contribution in [2.75, 3.05) is 20.0 Å². The third-order valence-corrected chi connectivity index (χ3v) is 5.27. The Balaban J connectivity index is 3.61. The summed E-state index contributed by atoms with van der Waals surface area (Å²) in [6, 6.07) is 0. The van der Waals surface area contributed by atoms with E-state index >= 15 is 0 Å². The van der Waals surface area contributed by atoms with Crippen LogP contribution in [0, 0.1) is 0 Å². The van der Waals surface area contributed by atoms with Gasteiger partial charge in [0, 0.05) is 20.0 Å². The highest BCUT2D eigenvalue weighted by molar-refractivity contribution is 8.55. The third-order valence-electron chi connectivity index (χ3n) is 1.19. The fraction of sp³-hybridized carbons (Fsp3) is 1.00. The zero-order chi connectivity index (χ0) is 8.74. The Labute approximate surface area is 72.1 Å². The monoisotopic (exact) mass is 198 g/mol. The van der Waals surface area contributed by atoms with Crippen molar-refractivity contribution < 1.29 is 13.6 Å². The van der Waals surface area contributed by atoms with Crippen molar-refractivity contribution in [2.24, 2.45) is 0 Å². The molecule has 0 fully saturated rings. The van der Waals surface area contributed by atoms with Crippen LogP contribution in [0.5, 0.6) is 0 Å². The second-order valence-electron chi connectivity index (χ2n) is 2.00. The minimum Gasteiger partial charge on any atom is -0.304 e. The van der Waals surface area contributed by atoms with Gasteiger partial charge in [-0.1, -0.05) is 13.3 Å². The molecule has 0 bridgehead atoms. The van der Waals surface area contributed by atoms with Gasteiger partial charge in [0.25, 0.3) is 0 Å². The highest BCUT2D eigenvalue weighted by Gasteiger charge is 2.20. The van der Waals surface area contributed by atoms with E-state index in [2.05, 4.69) is 6.92 Å². The molecular formula is C6H15O3PS. The lowest BCUT2D eigenvalue weighted by Gasteiger charge is -2.11. The molecule has 0 aliphatic carbocycles. The normalized spacial score (nSPS) is 11.9. The Hall–Kier alpha value is 0.500. The Morgan fingerprint density at radius 1 is 1.36 bits per heavy atom. The number of rotatable bonds is 6. The molecule has 0 aliphatic rings. The van der Waals surface area contributed by atoms with Gasteiger partial charge in [-0.25, -0.2) is 4.57 Å². The molecule has 0 saturated carbocycles. The van der Waals surface area contributed by atoms with Gasteiger partial charge in [0.1, 0.15) is 0 Å². The number of unbranched alkanes of at least 4 members (excludes halogenated alkanes) is 1. The van der Waals surface area contributed by atoms with E-state index in [-0.39, 0.29) is 0 Å². The summed E-state index contributed by atoms with van der Waals surface area (Å²) in [5.74, 6) is 0.829. The fourth-order valence-electron chi connectivity index (χ4n) is 0.501. The Kier molecular flexibility index (Phi) is 6.34. The standard InChI is InChI=1S/C6H15O3PS/c1-4-5-6-11-10(7,8-2)9-3/h4-6H2,1-3H3. The Bertz CT molecular complexity index is 132. The average Bonchev–Trinajstić information content (AvgIpc) is 2.05. The van der Waals surface area contributed by atoms with E-state index in [0.29, 0.717) is 0 Å². The summed E-state index contributed by atoms with van der Waals surface area (Å²) in [4.78, 5) is 0. The first-order valence-corrected chi connectivity index (χ1v) is 6.68. The van der Waals surface area contributed by atoms with Crippen LogP contribution in [0.2, 0.25) is 0 Å². The molecule has 68 valence electrons. The van der Waals surface area contributed by atoms with Gasteiger partial charge in [0.05, 0.1) is 0 Å². The van der Waals surface area contributed by atoms with Gasteiger partial charge in [-0.05, 0) is 17.8 Å². The van der Waals surface area contributed by atoms with Gasteiger partial charge in [0.2, 0.25) is 0 Å². The SMILES string of the molecule is CCCCSP(=O)(OC)OC. The van der Waals surface area contributed by atoms with Gasteiger partial charge < -0.3 is 9.05 Å². The van der Waals surface area contributed by atoms with E-state index in [4.69, 9.17) is 9.05 Å². The number of hydrogen-bond donors (Lipinski definition) is 0. The highest BCUT2D eigenvalue weighted by Crippen LogP contribution is 2.59. The lowest BCUT2D eigenvalue weighted by molar-refractivity contribution is 0.295. The summed E-state index contributed by atoms with van der Waals surface area (Å²) in [5, 5.41) is 0. The van der Waals surface area contributed by atoms with E-state index in [9.17, 15) is 4.57 Å². The first kappa shape index (κ1) is 11.5. The third kappa shape index (κ3) is 4.86. The van der Waals surface area contributed by atoms with Gasteiger partial charge in [-0.15, -0.1) is 0 Å². The molecule has 0 aliphatic heterocycles. The van der Waals surface area contributed by atoms with Crippen molar-refractivity contribution in [3.8, 4) is 0 Å². The summed E-state index contributed by atoms with van der Waals surface area (Å²) in [5.41, 5.74) is 0. The topological polar surface area (TPSA) is 35.5 Å². The maximum atomic E-state index is 11.3. The minimum atomic E-state index is -2.79. The van der Waals surface area contributed by atoms with Gasteiger partial charge in [-0.2, -0.15) is 0 Å². The zero-order valence-corrected chi connectivity index (χ0v) is 8.91. The van der Waals surface area contributed by atoms with E-state index in [1.54, 1.807) is 0 Å². The largest absolute Gasteiger partial charge is 0.388 e. The molecule has 0 aromatic carbocycles. The molecule has 0 radical (unpaired) electrons. The molecule has 11 heavy (non-hydrogen) atoms. The van der Waals surface area contributed by atoms with Crippen LogP contribution >= 0.6 is 18.2 Å². The molecule has 0 heterocycles. The van der Waals surface area contributed by atoms with Crippen LogP contribution in [-0.2, 0) is 13.6 Å². The van der Waals surface area contributed by atoms with E-state index in [1.807, 2.05) is 0 Å². The minimum absolute atomic E-state index is 0.829. The molecule has 0 unspecified atom stereocenters. The molecule has 0 saturated heterocycles. The van der Waals surface area contributed by atoms with Crippen molar-refractivity contribution in [2.45, 2.75) is 19.8 Å². The van der Waals surface area contributed by atoms with Crippen LogP contribution in [0.1, 0.15) is 19.8 Å². The first-order chi connectivity index (χ1) is 5.18. The summed E-state index contributed by atoms with van der Waals surface area (Å²) in [6.45, 7) is -0.706. The van der Waals surface area contributed by atoms with E-state index < -0.39 is 6.80 Å². The second kappa shape index (κ2) is 6.06. The predicted molar refractivity (Wildman–Crippen MR) is 49.0 cm³/mol. The van der Waals surface area contributed by atoms with Crippen LogP contribution in [-0.4, -0.2) is 20.0 Å². The lowest BCUT2D eigenvalue weighted by atomic mass is 10.4. The predicted octanol–water partition coefficient (Wildman–Crippen LogP) is 2.92. The van der Waals surface area contributed by atoms with Crippen molar-refractivity contribution >= 4 is 18.2 Å². The summed E-state index contributed by atoms with van der Waals surface area (Å²) in [7, 11) is 2.81. The van der Waals surface area contributed by atoms with Gasteiger partial charge in [-0.3, -0.25) is 0 Å². The van der Waals surface area contributed by atoms with Gasteiger partial charge in [0.15, 0.2) is 0 Å². The van der Waals surface area contributed by atoms with E-state index in [0.717, 1.165) is 18.6 Å². The van der Waals surface area contributed by atoms with Crippen molar-refractivity contribution in [1.82, 2.24) is 0 Å². The van der Waals surface area contributed by atoms with Crippen molar-refractivity contribution in [3.63, 3.8) is 0 Å². The zero-order valence-electron chi connectivity index (χ0n) is 7.20. The fourth-order valence-corrected chi connectivity index (χ4v) is 3.19. The van der Waals surface area contributed by atoms with Crippen molar-refractivity contribution in [3.05, 3.63) is 0 Å². The van der Waals surface area contributed by atoms with Gasteiger partial charge >= 0.3 is 6.80 Å². The average molecular weight is 198 g/mol. The Morgan fingerprint density at radius 3 is 2.27 bits per heavy atom. The first-order valence-electron chi connectivity index (χ1n) is 3.54. The molecule has 3 nitrogen and oxygen atoms in total. The molecule has 5 heteroatoms. The van der Waals surface area contributed by atoms with Crippen LogP contribution in [0.3, 0.4) is 0 Å². The molecule has 0 amide bonds. The summed E-state index contributed by atoms with van der Waals surface area (Å²) in [6.07, 6.45) is 2.14. The molecule has 0 atom stereocenters. The maximum absolute atomic E-state index is 11.3. The summed E-state index contributed by atoms with van der Waals surface area (Å²) >= 11 is 1.26. The Morgan fingerprint density at radius 2 is 1.91 bits per heavy atom. The molecule has 0 aromatic heterocycles. The van der Waals surface area contributed by atoms with Crippen LogP contribution in [0.15, 0.2) is 0 Å². The molecule has 0 aromatic rings. The quantitative estimate of drug-likeness (QED) is 0.485. The number of hydrogen-bond acceptors (Lipinski definition) is 4. The van der Waals surface area contributed by atoms with Crippen LogP contribution < -0.4 is 0 Å². The van der Waals surface area contributed by atoms with E-state index in [1.165, 1.54) is 25.6 Å². The maximum Gasteiger partial charge on any atom is 0.388 e. The van der Waals surface area contributed by atoms with Crippen molar-refractivity contribution in [1.29, 1.82) is 0 Å². The molecule has 0 spiro atoms. The lowest BCUT2D eigenvalue weighted by Crippen LogP contribution is -1.85. The molecule has 0 rings (SSSR count). The van der Waals surface area contributed by atoms with Crippen LogP contribution in [0.4, 0.5) is 0 Å². The summed E-state index contributed by atoms with van der Waals surface area (Å²) < 4.78 is 20.8.